The van der Waals surface area contributed by atoms with Crippen molar-refractivity contribution in [1.29, 1.82) is 0 Å². The van der Waals surface area contributed by atoms with E-state index in [4.69, 9.17) is 23.2 Å². The number of Topliss-reactive ketones (excluding diaryl/α,β-unsaturated/α-hetero) is 1. The van der Waals surface area contributed by atoms with Crippen molar-refractivity contribution in [2.45, 2.75) is 32.7 Å². The van der Waals surface area contributed by atoms with Crippen LogP contribution in [0.5, 0.6) is 0 Å². The lowest BCUT2D eigenvalue weighted by Gasteiger charge is -2.08. The first-order valence-electron chi connectivity index (χ1n) is 5.68. The molecule has 0 saturated heterocycles. The van der Waals surface area contributed by atoms with E-state index in [2.05, 4.69) is 19.2 Å². The summed E-state index contributed by atoms with van der Waals surface area (Å²) >= 11 is 11.9. The van der Waals surface area contributed by atoms with E-state index in [1.165, 1.54) is 0 Å². The molecule has 1 rings (SSSR count). The number of hydrogen-bond acceptors (Lipinski definition) is 2. The van der Waals surface area contributed by atoms with Crippen LogP contribution < -0.4 is 5.32 Å². The van der Waals surface area contributed by atoms with Gasteiger partial charge in [-0.15, -0.1) is 0 Å². The van der Waals surface area contributed by atoms with E-state index < -0.39 is 0 Å². The molecule has 2 nitrogen and oxygen atoms in total. The highest BCUT2D eigenvalue weighted by atomic mass is 35.5. The number of carbonyl (C=O) groups excluding carboxylic acids is 1. The van der Waals surface area contributed by atoms with Gasteiger partial charge < -0.3 is 5.32 Å². The van der Waals surface area contributed by atoms with E-state index >= 15 is 0 Å². The Morgan fingerprint density at radius 1 is 1.35 bits per heavy atom. The number of hydrogen-bond donors (Lipinski definition) is 1. The van der Waals surface area contributed by atoms with Crippen LogP contribution in [0.2, 0.25) is 10.0 Å². The highest BCUT2D eigenvalue weighted by molar-refractivity contribution is 6.42. The number of nitrogens with one attached hydrogen (secondary N) is 1. The topological polar surface area (TPSA) is 29.1 Å². The molecule has 0 unspecified atom stereocenters. The van der Waals surface area contributed by atoms with Crippen molar-refractivity contribution in [3.63, 3.8) is 0 Å². The molecule has 0 bridgehead atoms. The molecule has 0 aliphatic heterocycles. The average Bonchev–Trinajstić information content (AvgIpc) is 2.24. The van der Waals surface area contributed by atoms with Gasteiger partial charge in [0.05, 0.1) is 10.0 Å². The lowest BCUT2D eigenvalue weighted by atomic mass is 10.1. The van der Waals surface area contributed by atoms with Crippen LogP contribution in [0.1, 0.15) is 25.8 Å². The molecule has 94 valence electrons. The van der Waals surface area contributed by atoms with Gasteiger partial charge in [-0.05, 0) is 11.6 Å². The fourth-order valence-corrected chi connectivity index (χ4v) is 1.87. The lowest BCUT2D eigenvalue weighted by molar-refractivity contribution is -0.118. The minimum absolute atomic E-state index is 0.169. The van der Waals surface area contributed by atoms with Crippen LogP contribution >= 0.6 is 23.2 Å². The number of ketones is 1. The molecule has 0 saturated carbocycles. The van der Waals surface area contributed by atoms with Gasteiger partial charge in [0.1, 0.15) is 5.78 Å². The Morgan fingerprint density at radius 2 is 2.06 bits per heavy atom. The zero-order valence-electron chi connectivity index (χ0n) is 10.1. The van der Waals surface area contributed by atoms with Crippen LogP contribution in [0.25, 0.3) is 0 Å². The average molecular weight is 274 g/mol. The molecular weight excluding hydrogens is 257 g/mol. The van der Waals surface area contributed by atoms with Crippen molar-refractivity contribution in [2.75, 3.05) is 6.54 Å². The molecule has 1 aromatic carbocycles. The highest BCUT2D eigenvalue weighted by Gasteiger charge is 2.09. The summed E-state index contributed by atoms with van der Waals surface area (Å²) in [4.78, 5) is 11.7. The summed E-state index contributed by atoms with van der Waals surface area (Å²) in [5.74, 6) is 0.169. The first-order chi connectivity index (χ1) is 8.00. The van der Waals surface area contributed by atoms with Crippen molar-refractivity contribution >= 4 is 29.0 Å². The molecular formula is C13H17Cl2NO. The molecule has 0 spiro atoms. The Bertz CT molecular complexity index is 391. The predicted octanol–water partition coefficient (Wildman–Crippen LogP) is 3.49. The van der Waals surface area contributed by atoms with E-state index in [-0.39, 0.29) is 5.78 Å². The largest absolute Gasteiger partial charge is 0.314 e. The second kappa shape index (κ2) is 7.00. The second-order valence-corrected chi connectivity index (χ2v) is 5.07. The van der Waals surface area contributed by atoms with Gasteiger partial charge in [0.15, 0.2) is 0 Å². The van der Waals surface area contributed by atoms with Crippen LogP contribution in [0.15, 0.2) is 18.2 Å². The third-order valence-corrected chi connectivity index (χ3v) is 3.23. The van der Waals surface area contributed by atoms with Crippen molar-refractivity contribution in [2.24, 2.45) is 0 Å². The van der Waals surface area contributed by atoms with Crippen LogP contribution in [0.3, 0.4) is 0 Å². The number of benzene rings is 1. The Balaban J connectivity index is 2.48. The van der Waals surface area contributed by atoms with Gasteiger partial charge in [-0.1, -0.05) is 49.2 Å². The maximum Gasteiger partial charge on any atom is 0.138 e. The highest BCUT2D eigenvalue weighted by Crippen LogP contribution is 2.25. The standard InChI is InChI=1S/C13H17Cl2NO/c1-9(2)16-7-6-11(17)8-10-4-3-5-12(14)13(10)15/h3-5,9,16H,6-8H2,1-2H3. The molecule has 0 aliphatic rings. The van der Waals surface area contributed by atoms with Crippen molar-refractivity contribution in [3.8, 4) is 0 Å². The molecule has 0 aliphatic carbocycles. The van der Waals surface area contributed by atoms with Gasteiger partial charge in [-0.25, -0.2) is 0 Å². The summed E-state index contributed by atoms with van der Waals surface area (Å²) < 4.78 is 0. The van der Waals surface area contributed by atoms with Gasteiger partial charge in [0.2, 0.25) is 0 Å². The van der Waals surface area contributed by atoms with Crippen LogP contribution in [0, 0.1) is 0 Å². The summed E-state index contributed by atoms with van der Waals surface area (Å²) in [6, 6.07) is 5.76. The Kier molecular flexibility index (Phi) is 5.96. The van der Waals surface area contributed by atoms with E-state index in [0.717, 1.165) is 5.56 Å². The molecule has 1 N–H and O–H groups in total. The minimum atomic E-state index is 0.169. The van der Waals surface area contributed by atoms with Gasteiger partial charge >= 0.3 is 0 Å². The molecule has 0 aromatic heterocycles. The summed E-state index contributed by atoms with van der Waals surface area (Å²) in [6.07, 6.45) is 0.861. The van der Waals surface area contributed by atoms with E-state index in [9.17, 15) is 4.79 Å². The van der Waals surface area contributed by atoms with Crippen LogP contribution in [-0.2, 0) is 11.2 Å². The first kappa shape index (κ1) is 14.5. The minimum Gasteiger partial charge on any atom is -0.314 e. The van der Waals surface area contributed by atoms with E-state index in [1.54, 1.807) is 6.07 Å². The molecule has 0 radical (unpaired) electrons. The van der Waals surface area contributed by atoms with Crippen molar-refractivity contribution in [1.82, 2.24) is 5.32 Å². The van der Waals surface area contributed by atoms with E-state index in [1.807, 2.05) is 12.1 Å². The summed E-state index contributed by atoms with van der Waals surface area (Å²) in [5.41, 5.74) is 0.800. The second-order valence-electron chi connectivity index (χ2n) is 4.29. The van der Waals surface area contributed by atoms with Gasteiger partial charge in [0.25, 0.3) is 0 Å². The fraction of sp³-hybridized carbons (Fsp3) is 0.462. The Labute approximate surface area is 112 Å². The monoisotopic (exact) mass is 273 g/mol. The predicted molar refractivity (Wildman–Crippen MR) is 72.9 cm³/mol. The number of rotatable bonds is 6. The summed E-state index contributed by atoms with van der Waals surface area (Å²) in [7, 11) is 0. The zero-order chi connectivity index (χ0) is 12.8. The van der Waals surface area contributed by atoms with Crippen LogP contribution in [0.4, 0.5) is 0 Å². The lowest BCUT2D eigenvalue weighted by Crippen LogP contribution is -2.25. The molecule has 0 atom stereocenters. The van der Waals surface area contributed by atoms with Crippen LogP contribution in [-0.4, -0.2) is 18.4 Å². The van der Waals surface area contributed by atoms with Gasteiger partial charge in [0, 0.05) is 25.4 Å². The van der Waals surface area contributed by atoms with E-state index in [0.29, 0.717) is 35.5 Å². The molecule has 1 aromatic rings. The molecule has 0 heterocycles. The normalized spacial score (nSPS) is 10.9. The SMILES string of the molecule is CC(C)NCCC(=O)Cc1cccc(Cl)c1Cl. The maximum atomic E-state index is 11.7. The van der Waals surface area contributed by atoms with Gasteiger partial charge in [-0.3, -0.25) is 4.79 Å². The van der Waals surface area contributed by atoms with Gasteiger partial charge in [-0.2, -0.15) is 0 Å². The molecule has 4 heteroatoms. The molecule has 0 fully saturated rings. The number of carbonyl (C=O) groups is 1. The quantitative estimate of drug-likeness (QED) is 0.860. The molecule has 17 heavy (non-hydrogen) atoms. The molecule has 0 amide bonds. The first-order valence-corrected chi connectivity index (χ1v) is 6.44. The smallest absolute Gasteiger partial charge is 0.138 e. The summed E-state index contributed by atoms with van der Waals surface area (Å²) in [5, 5.41) is 4.19. The third kappa shape index (κ3) is 5.07. The number of halogens is 2. The maximum absolute atomic E-state index is 11.7. The summed E-state index contributed by atoms with van der Waals surface area (Å²) in [6.45, 7) is 4.81. The Morgan fingerprint density at radius 3 is 2.71 bits per heavy atom. The van der Waals surface area contributed by atoms with Crippen molar-refractivity contribution < 1.29 is 4.79 Å². The fourth-order valence-electron chi connectivity index (χ4n) is 1.49. The van der Waals surface area contributed by atoms with Crippen molar-refractivity contribution in [3.05, 3.63) is 33.8 Å². The zero-order valence-corrected chi connectivity index (χ0v) is 11.6. The third-order valence-electron chi connectivity index (χ3n) is 2.38. The Hall–Kier alpha value is -0.570.